The van der Waals surface area contributed by atoms with Gasteiger partial charge in [-0.2, -0.15) is 19.8 Å². The molecular weight excluding hydrogens is 328 g/mol. The maximum absolute atomic E-state index is 11.6. The third kappa shape index (κ3) is 5.59. The minimum Gasteiger partial charge on any atom is -0.282 e. The third-order valence-corrected chi connectivity index (χ3v) is 5.95. The van der Waals surface area contributed by atoms with Gasteiger partial charge in [0.25, 0.3) is 10.1 Å². The largest absolute Gasteiger partial charge is 0.294 e. The Balaban J connectivity index is 1.91. The molecule has 0 aliphatic carbocycles. The molecule has 1 heterocycles. The monoisotopic (exact) mass is 354 g/mol. The van der Waals surface area contributed by atoms with Crippen molar-refractivity contribution < 1.29 is 13.0 Å². The van der Waals surface area contributed by atoms with E-state index in [0.29, 0.717) is 6.42 Å². The smallest absolute Gasteiger partial charge is 0.282 e. The van der Waals surface area contributed by atoms with E-state index < -0.39 is 10.1 Å². The molecule has 0 aliphatic heterocycles. The average molecular weight is 355 g/mol. The van der Waals surface area contributed by atoms with Gasteiger partial charge in [0.15, 0.2) is 0 Å². The van der Waals surface area contributed by atoms with Crippen LogP contribution in [0.25, 0.3) is 10.8 Å². The van der Waals surface area contributed by atoms with Gasteiger partial charge in [0, 0.05) is 0 Å². The number of rotatable bonds is 10. The van der Waals surface area contributed by atoms with Crippen molar-refractivity contribution in [1.29, 1.82) is 0 Å². The van der Waals surface area contributed by atoms with E-state index in [-0.39, 0.29) is 4.90 Å². The summed E-state index contributed by atoms with van der Waals surface area (Å²) >= 11 is 1.55. The Hall–Kier alpha value is -0.910. The van der Waals surface area contributed by atoms with Crippen LogP contribution in [0, 0.1) is 0 Å². The van der Waals surface area contributed by atoms with Gasteiger partial charge in [-0.3, -0.25) is 4.55 Å². The predicted molar refractivity (Wildman–Crippen MR) is 98.0 cm³/mol. The number of hydrogen-bond donors (Lipinski definition) is 1. The minimum atomic E-state index is -4.16. The summed E-state index contributed by atoms with van der Waals surface area (Å²) in [5.74, 6) is 0. The van der Waals surface area contributed by atoms with E-state index in [9.17, 15) is 13.0 Å². The second kappa shape index (κ2) is 8.81. The van der Waals surface area contributed by atoms with Gasteiger partial charge in [-0.05, 0) is 52.1 Å². The minimum absolute atomic E-state index is 0.0753. The molecule has 23 heavy (non-hydrogen) atoms. The molecule has 0 saturated heterocycles. The van der Waals surface area contributed by atoms with E-state index in [1.165, 1.54) is 38.5 Å². The maximum atomic E-state index is 11.6. The van der Waals surface area contributed by atoms with E-state index in [1.54, 1.807) is 17.4 Å². The maximum Gasteiger partial charge on any atom is 0.294 e. The molecule has 1 aromatic heterocycles. The van der Waals surface area contributed by atoms with E-state index >= 15 is 0 Å². The lowest BCUT2D eigenvalue weighted by molar-refractivity contribution is 0.481. The van der Waals surface area contributed by atoms with Crippen molar-refractivity contribution in [3.8, 4) is 0 Å². The van der Waals surface area contributed by atoms with E-state index in [0.717, 1.165) is 29.2 Å². The molecule has 0 fully saturated rings. The first-order chi connectivity index (χ1) is 11.0. The van der Waals surface area contributed by atoms with Crippen LogP contribution in [0.15, 0.2) is 27.8 Å². The Labute approximate surface area is 143 Å². The SMILES string of the molecule is CCCCCCCCCCc1cc2cscc2cc1S(=O)(=O)O. The van der Waals surface area contributed by atoms with Crippen LogP contribution < -0.4 is 0 Å². The number of unbranched alkanes of at least 4 members (excludes halogenated alkanes) is 7. The summed E-state index contributed by atoms with van der Waals surface area (Å²) in [5.41, 5.74) is 0.740. The van der Waals surface area contributed by atoms with Gasteiger partial charge in [0.2, 0.25) is 0 Å². The van der Waals surface area contributed by atoms with Crippen molar-refractivity contribution in [2.45, 2.75) is 69.6 Å². The zero-order chi connectivity index (χ0) is 16.7. The fraction of sp³-hybridized carbons (Fsp3) is 0.556. The highest BCUT2D eigenvalue weighted by Crippen LogP contribution is 2.27. The Morgan fingerprint density at radius 1 is 0.913 bits per heavy atom. The summed E-state index contributed by atoms with van der Waals surface area (Å²) in [6.45, 7) is 2.22. The molecule has 0 radical (unpaired) electrons. The average Bonchev–Trinajstić information content (AvgIpc) is 2.95. The number of hydrogen-bond acceptors (Lipinski definition) is 3. The van der Waals surface area contributed by atoms with Gasteiger partial charge in [-0.15, -0.1) is 0 Å². The molecule has 0 amide bonds. The van der Waals surface area contributed by atoms with Crippen molar-refractivity contribution in [1.82, 2.24) is 0 Å². The van der Waals surface area contributed by atoms with E-state index in [4.69, 9.17) is 0 Å². The number of fused-ring (bicyclic) bond motifs is 1. The molecule has 1 aromatic carbocycles. The molecule has 2 aromatic rings. The first-order valence-electron chi connectivity index (χ1n) is 8.48. The molecule has 3 nitrogen and oxygen atoms in total. The molecule has 2 rings (SSSR count). The van der Waals surface area contributed by atoms with Crippen molar-refractivity contribution in [2.24, 2.45) is 0 Å². The van der Waals surface area contributed by atoms with E-state index in [2.05, 4.69) is 6.92 Å². The zero-order valence-corrected chi connectivity index (χ0v) is 15.4. The first kappa shape index (κ1) is 18.4. The van der Waals surface area contributed by atoms with Crippen molar-refractivity contribution in [3.05, 3.63) is 28.5 Å². The molecular formula is C18H26O3S2. The summed E-state index contributed by atoms with van der Waals surface area (Å²) < 4.78 is 32.7. The summed E-state index contributed by atoms with van der Waals surface area (Å²) in [6.07, 6.45) is 10.4. The molecule has 0 atom stereocenters. The van der Waals surface area contributed by atoms with Crippen LogP contribution in [0.3, 0.4) is 0 Å². The van der Waals surface area contributed by atoms with Crippen LogP contribution in [0.5, 0.6) is 0 Å². The van der Waals surface area contributed by atoms with Crippen LogP contribution in [-0.4, -0.2) is 13.0 Å². The molecule has 0 bridgehead atoms. The topological polar surface area (TPSA) is 54.4 Å². The summed E-state index contributed by atoms with van der Waals surface area (Å²) in [7, 11) is -4.16. The summed E-state index contributed by atoms with van der Waals surface area (Å²) in [6, 6.07) is 3.51. The van der Waals surface area contributed by atoms with Gasteiger partial charge >= 0.3 is 0 Å². The Morgan fingerprint density at radius 3 is 2.09 bits per heavy atom. The van der Waals surface area contributed by atoms with Crippen LogP contribution in [0.2, 0.25) is 0 Å². The lowest BCUT2D eigenvalue weighted by atomic mass is 10.0. The quantitative estimate of drug-likeness (QED) is 0.431. The van der Waals surface area contributed by atoms with Gasteiger partial charge < -0.3 is 0 Å². The van der Waals surface area contributed by atoms with Gasteiger partial charge in [0.05, 0.1) is 4.90 Å². The molecule has 0 saturated carbocycles. The Bertz CT molecular complexity index is 717. The normalized spacial score (nSPS) is 12.1. The van der Waals surface area contributed by atoms with Gasteiger partial charge in [-0.1, -0.05) is 51.9 Å². The molecule has 0 unspecified atom stereocenters. The predicted octanol–water partition coefficient (Wildman–Crippen LogP) is 5.83. The lowest BCUT2D eigenvalue weighted by Gasteiger charge is -2.08. The fourth-order valence-corrected chi connectivity index (χ4v) is 4.47. The Kier molecular flexibility index (Phi) is 7.06. The molecule has 0 aliphatic rings. The lowest BCUT2D eigenvalue weighted by Crippen LogP contribution is -2.03. The van der Waals surface area contributed by atoms with Crippen LogP contribution in [-0.2, 0) is 16.5 Å². The standard InChI is InChI=1S/C18H26O3S2/c1-2-3-4-5-6-7-8-9-10-15-11-16-13-22-14-17(16)12-18(15)23(19,20)21/h11-14H,2-10H2,1H3,(H,19,20,21). The highest BCUT2D eigenvalue weighted by atomic mass is 32.2. The molecule has 128 valence electrons. The number of thiophene rings is 1. The number of benzene rings is 1. The summed E-state index contributed by atoms with van der Waals surface area (Å²) in [5, 5.41) is 5.85. The molecule has 5 heteroatoms. The molecule has 0 spiro atoms. The second-order valence-corrected chi connectivity index (χ2v) is 8.29. The van der Waals surface area contributed by atoms with Crippen LogP contribution in [0.4, 0.5) is 0 Å². The first-order valence-corrected chi connectivity index (χ1v) is 10.9. The molecule has 1 N–H and O–H groups in total. The van der Waals surface area contributed by atoms with Gasteiger partial charge in [0.1, 0.15) is 0 Å². The van der Waals surface area contributed by atoms with Crippen molar-refractivity contribution in [2.75, 3.05) is 0 Å². The third-order valence-electron chi connectivity index (χ3n) is 4.23. The van der Waals surface area contributed by atoms with Crippen LogP contribution >= 0.6 is 11.3 Å². The van der Waals surface area contributed by atoms with Crippen molar-refractivity contribution >= 4 is 32.2 Å². The van der Waals surface area contributed by atoms with E-state index in [1.807, 2.05) is 16.8 Å². The van der Waals surface area contributed by atoms with Crippen molar-refractivity contribution in [3.63, 3.8) is 0 Å². The highest BCUT2D eigenvalue weighted by molar-refractivity contribution is 7.85. The van der Waals surface area contributed by atoms with Crippen LogP contribution in [0.1, 0.15) is 63.9 Å². The Morgan fingerprint density at radius 2 is 1.48 bits per heavy atom. The number of aryl methyl sites for hydroxylation is 1. The van der Waals surface area contributed by atoms with Gasteiger partial charge in [-0.25, -0.2) is 0 Å². The zero-order valence-electron chi connectivity index (χ0n) is 13.8. The second-order valence-electron chi connectivity index (χ2n) is 6.16. The fourth-order valence-electron chi connectivity index (χ4n) is 2.93. The summed E-state index contributed by atoms with van der Waals surface area (Å²) in [4.78, 5) is 0.0753. The highest BCUT2D eigenvalue weighted by Gasteiger charge is 2.16.